The topological polar surface area (TPSA) is 86.7 Å². The van der Waals surface area contributed by atoms with Gasteiger partial charge in [0.1, 0.15) is 11.6 Å². The van der Waals surface area contributed by atoms with Crippen LogP contribution in [0.5, 0.6) is 17.2 Å². The summed E-state index contributed by atoms with van der Waals surface area (Å²) in [6, 6.07) is 15.0. The molecule has 1 heterocycles. The molecular formula is C33H32F2N2O6. The second-order valence-corrected chi connectivity index (χ2v) is 10.3. The van der Waals surface area contributed by atoms with Gasteiger partial charge < -0.3 is 18.9 Å². The number of nitrogens with zero attached hydrogens (tertiary/aromatic N) is 2. The van der Waals surface area contributed by atoms with Crippen molar-refractivity contribution in [2.24, 2.45) is 11.0 Å². The van der Waals surface area contributed by atoms with E-state index in [-0.39, 0.29) is 24.0 Å². The van der Waals surface area contributed by atoms with E-state index in [0.717, 1.165) is 41.7 Å². The van der Waals surface area contributed by atoms with Crippen molar-refractivity contribution in [1.29, 1.82) is 0 Å². The van der Waals surface area contributed by atoms with Crippen molar-refractivity contribution < 1.29 is 37.3 Å². The minimum Gasteiger partial charge on any atom is -0.493 e. The number of halogens is 2. The van der Waals surface area contributed by atoms with Crippen LogP contribution in [0.25, 0.3) is 6.08 Å². The number of hydrogen-bond acceptors (Lipinski definition) is 7. The Hall–Kier alpha value is -4.73. The first-order valence-electron chi connectivity index (χ1n) is 13.9. The molecule has 224 valence electrons. The van der Waals surface area contributed by atoms with Crippen LogP contribution in [0.2, 0.25) is 0 Å². The van der Waals surface area contributed by atoms with Crippen LogP contribution in [0.4, 0.5) is 8.78 Å². The monoisotopic (exact) mass is 590 g/mol. The first-order valence-corrected chi connectivity index (χ1v) is 13.9. The number of benzene rings is 3. The van der Waals surface area contributed by atoms with E-state index in [2.05, 4.69) is 0 Å². The Balaban J connectivity index is 1.36. The number of allylic oxidation sites excluding steroid dienone is 1. The molecule has 8 nitrogen and oxygen atoms in total. The van der Waals surface area contributed by atoms with Crippen molar-refractivity contribution >= 4 is 23.7 Å². The summed E-state index contributed by atoms with van der Waals surface area (Å²) in [7, 11) is 4.44. The zero-order valence-electron chi connectivity index (χ0n) is 24.1. The summed E-state index contributed by atoms with van der Waals surface area (Å²) in [5, 5.41) is 6.09. The highest BCUT2D eigenvalue weighted by atomic mass is 19.1. The van der Waals surface area contributed by atoms with Crippen molar-refractivity contribution in [2.45, 2.75) is 31.7 Å². The molecule has 1 saturated carbocycles. The Labute approximate surface area is 248 Å². The van der Waals surface area contributed by atoms with Crippen molar-refractivity contribution in [3.05, 3.63) is 94.6 Å². The molecular weight excluding hydrogens is 558 g/mol. The molecule has 10 heteroatoms. The SMILES string of the molecule is COc1cc(CC(=O)OCC(=O)N2N=C3C(=Cc4ccc(F)cc4)CCCC3C2c2ccc(F)cc2)cc(OC)c1OC. The first-order chi connectivity index (χ1) is 20.8. The Morgan fingerprint density at radius 2 is 1.56 bits per heavy atom. The van der Waals surface area contributed by atoms with Gasteiger partial charge in [0.05, 0.1) is 39.5 Å². The smallest absolute Gasteiger partial charge is 0.310 e. The quantitative estimate of drug-likeness (QED) is 0.289. The van der Waals surface area contributed by atoms with Crippen molar-refractivity contribution in [3.8, 4) is 17.2 Å². The van der Waals surface area contributed by atoms with Gasteiger partial charge in [0, 0.05) is 5.92 Å². The molecule has 1 amide bonds. The van der Waals surface area contributed by atoms with Gasteiger partial charge in [-0.15, -0.1) is 0 Å². The van der Waals surface area contributed by atoms with Gasteiger partial charge in [-0.2, -0.15) is 5.10 Å². The van der Waals surface area contributed by atoms with E-state index in [1.165, 1.54) is 50.6 Å². The van der Waals surface area contributed by atoms with Gasteiger partial charge in [0.2, 0.25) is 5.75 Å². The zero-order chi connectivity index (χ0) is 30.5. The highest BCUT2D eigenvalue weighted by molar-refractivity contribution is 6.08. The number of esters is 1. The number of carbonyl (C=O) groups is 2. The van der Waals surface area contributed by atoms with Gasteiger partial charge in [-0.1, -0.05) is 24.3 Å². The van der Waals surface area contributed by atoms with Gasteiger partial charge >= 0.3 is 5.97 Å². The fourth-order valence-electron chi connectivity index (χ4n) is 5.62. The summed E-state index contributed by atoms with van der Waals surface area (Å²) in [5.74, 6) is -0.795. The van der Waals surface area contributed by atoms with Crippen molar-refractivity contribution in [2.75, 3.05) is 27.9 Å². The normalized spacial score (nSPS) is 18.6. The fourth-order valence-corrected chi connectivity index (χ4v) is 5.62. The third-order valence-corrected chi connectivity index (χ3v) is 7.61. The van der Waals surface area contributed by atoms with Crippen LogP contribution in [-0.4, -0.2) is 50.5 Å². The van der Waals surface area contributed by atoms with Crippen LogP contribution in [-0.2, 0) is 20.7 Å². The molecule has 5 rings (SSSR count). The molecule has 2 aliphatic rings. The lowest BCUT2D eigenvalue weighted by molar-refractivity contribution is -0.152. The van der Waals surface area contributed by atoms with E-state index >= 15 is 0 Å². The number of hydrazone groups is 1. The Bertz CT molecular complexity index is 1530. The second-order valence-electron chi connectivity index (χ2n) is 10.3. The van der Waals surface area contributed by atoms with Crippen LogP contribution < -0.4 is 14.2 Å². The molecule has 1 aliphatic carbocycles. The summed E-state index contributed by atoms with van der Waals surface area (Å²) in [6.07, 6.45) is 4.20. The molecule has 1 aliphatic heterocycles. The molecule has 2 atom stereocenters. The molecule has 3 aromatic carbocycles. The lowest BCUT2D eigenvalue weighted by Crippen LogP contribution is -2.34. The number of carbonyl (C=O) groups excluding carboxylic acids is 2. The highest BCUT2D eigenvalue weighted by Gasteiger charge is 2.43. The minimum absolute atomic E-state index is 0.132. The minimum atomic E-state index is -0.623. The Morgan fingerprint density at radius 3 is 2.16 bits per heavy atom. The molecule has 3 aromatic rings. The fraction of sp³-hybridized carbons (Fsp3) is 0.303. The molecule has 0 aromatic heterocycles. The first kappa shape index (κ1) is 29.8. The van der Waals surface area contributed by atoms with Crippen LogP contribution in [0.1, 0.15) is 42.0 Å². The molecule has 0 N–H and O–H groups in total. The Morgan fingerprint density at radius 1 is 0.930 bits per heavy atom. The lowest BCUT2D eigenvalue weighted by Gasteiger charge is -2.29. The largest absolute Gasteiger partial charge is 0.493 e. The standard InChI is InChI=1S/C33H32F2N2O6/c1-40-27-16-21(17-28(41-2)33(27)42-3)18-30(39)43-19-29(38)37-32(22-9-13-25(35)14-10-22)26-6-4-5-23(31(26)36-37)15-20-7-11-24(34)12-8-20/h7-17,26,32H,4-6,18-19H2,1-3H3. The van der Waals surface area contributed by atoms with Crippen LogP contribution in [0.3, 0.4) is 0 Å². The third-order valence-electron chi connectivity index (χ3n) is 7.61. The lowest BCUT2D eigenvalue weighted by atomic mass is 9.77. The predicted octanol–water partition coefficient (Wildman–Crippen LogP) is 5.90. The summed E-state index contributed by atoms with van der Waals surface area (Å²) in [4.78, 5) is 26.3. The van der Waals surface area contributed by atoms with Crippen molar-refractivity contribution in [3.63, 3.8) is 0 Å². The van der Waals surface area contributed by atoms with Crippen LogP contribution >= 0.6 is 0 Å². The molecule has 0 bridgehead atoms. The van der Waals surface area contributed by atoms with E-state index in [0.29, 0.717) is 22.8 Å². The molecule has 0 radical (unpaired) electrons. The maximum absolute atomic E-state index is 13.8. The van der Waals surface area contributed by atoms with Gasteiger partial charge in [-0.3, -0.25) is 9.59 Å². The summed E-state index contributed by atoms with van der Waals surface area (Å²) in [6.45, 7) is -0.526. The predicted molar refractivity (Wildman–Crippen MR) is 156 cm³/mol. The molecule has 43 heavy (non-hydrogen) atoms. The average molecular weight is 591 g/mol. The Kier molecular flexibility index (Phi) is 9.04. The molecule has 2 unspecified atom stereocenters. The molecule has 0 spiro atoms. The van der Waals surface area contributed by atoms with E-state index in [1.807, 2.05) is 6.08 Å². The van der Waals surface area contributed by atoms with E-state index in [4.69, 9.17) is 24.0 Å². The third kappa shape index (κ3) is 6.53. The summed E-state index contributed by atoms with van der Waals surface area (Å²) >= 11 is 0. The van der Waals surface area contributed by atoms with Crippen molar-refractivity contribution in [1.82, 2.24) is 5.01 Å². The van der Waals surface area contributed by atoms with E-state index in [9.17, 15) is 18.4 Å². The van der Waals surface area contributed by atoms with Gasteiger partial charge in [-0.05, 0) is 84.0 Å². The maximum atomic E-state index is 13.8. The zero-order valence-corrected chi connectivity index (χ0v) is 24.1. The summed E-state index contributed by atoms with van der Waals surface area (Å²) in [5.41, 5.74) is 3.81. The number of ether oxygens (including phenoxy) is 4. The highest BCUT2D eigenvalue weighted by Crippen LogP contribution is 2.44. The number of hydrogen-bond donors (Lipinski definition) is 0. The van der Waals surface area contributed by atoms with E-state index in [1.54, 1.807) is 36.4 Å². The summed E-state index contributed by atoms with van der Waals surface area (Å²) < 4.78 is 48.7. The number of amides is 1. The number of fused-ring (bicyclic) bond motifs is 1. The number of methoxy groups -OCH3 is 3. The van der Waals surface area contributed by atoms with E-state index < -0.39 is 24.5 Å². The maximum Gasteiger partial charge on any atom is 0.310 e. The second kappa shape index (κ2) is 13.1. The van der Waals surface area contributed by atoms with Gasteiger partial charge in [0.25, 0.3) is 5.91 Å². The number of rotatable bonds is 9. The molecule has 0 saturated heterocycles. The van der Waals surface area contributed by atoms with Gasteiger partial charge in [0.15, 0.2) is 18.1 Å². The van der Waals surface area contributed by atoms with Crippen LogP contribution in [0, 0.1) is 17.6 Å². The molecule has 1 fully saturated rings. The van der Waals surface area contributed by atoms with Gasteiger partial charge in [-0.25, -0.2) is 13.8 Å². The average Bonchev–Trinajstić information content (AvgIpc) is 3.41. The van der Waals surface area contributed by atoms with Crippen LogP contribution in [0.15, 0.2) is 71.3 Å².